The predicted molar refractivity (Wildman–Crippen MR) is 85.2 cm³/mol. The van der Waals surface area contributed by atoms with Crippen LogP contribution in [0.25, 0.3) is 5.95 Å². The van der Waals surface area contributed by atoms with E-state index in [4.69, 9.17) is 0 Å². The van der Waals surface area contributed by atoms with E-state index in [0.717, 1.165) is 30.5 Å². The second kappa shape index (κ2) is 6.30. The number of hydrogen-bond donors (Lipinski definition) is 1. The predicted octanol–water partition coefficient (Wildman–Crippen LogP) is 1.43. The largest absolute Gasteiger partial charge is 0.354 e. The van der Waals surface area contributed by atoms with Gasteiger partial charge in [-0.25, -0.2) is 4.98 Å². The number of hydrogen-bond acceptors (Lipinski definition) is 7. The average molecular weight is 305 g/mol. The second-order valence-electron chi connectivity index (χ2n) is 4.88. The number of anilines is 2. The molecule has 0 amide bonds. The molecule has 0 aromatic carbocycles. The van der Waals surface area contributed by atoms with Crippen molar-refractivity contribution in [2.75, 3.05) is 34.8 Å². The quantitative estimate of drug-likeness (QED) is 0.916. The minimum atomic E-state index is 0.427. The smallest absolute Gasteiger partial charge is 0.241 e. The number of imidazole rings is 1. The Morgan fingerprint density at radius 1 is 1.33 bits per heavy atom. The molecule has 1 unspecified atom stereocenters. The van der Waals surface area contributed by atoms with Gasteiger partial charge in [0.05, 0.1) is 0 Å². The van der Waals surface area contributed by atoms with Gasteiger partial charge < -0.3 is 10.2 Å². The normalized spacial score (nSPS) is 18.8. The van der Waals surface area contributed by atoms with Crippen molar-refractivity contribution >= 4 is 23.7 Å². The molecule has 0 spiro atoms. The van der Waals surface area contributed by atoms with Crippen LogP contribution in [-0.4, -0.2) is 55.1 Å². The van der Waals surface area contributed by atoms with Crippen molar-refractivity contribution in [3.8, 4) is 5.95 Å². The number of rotatable bonds is 4. The molecule has 2 aromatic rings. The van der Waals surface area contributed by atoms with Crippen LogP contribution in [0.2, 0.25) is 0 Å². The highest BCUT2D eigenvalue weighted by atomic mass is 32.2. The Kier molecular flexibility index (Phi) is 4.23. The van der Waals surface area contributed by atoms with Gasteiger partial charge in [-0.3, -0.25) is 4.57 Å². The zero-order valence-electron chi connectivity index (χ0n) is 12.2. The number of aromatic nitrogens is 5. The summed E-state index contributed by atoms with van der Waals surface area (Å²) in [4.78, 5) is 19.9. The van der Waals surface area contributed by atoms with Crippen molar-refractivity contribution < 1.29 is 0 Å². The first kappa shape index (κ1) is 14.1. The first-order valence-electron chi connectivity index (χ1n) is 7.10. The average Bonchev–Trinajstić information content (AvgIpc) is 3.02. The summed E-state index contributed by atoms with van der Waals surface area (Å²) in [6.45, 7) is 5.98. The molecule has 0 saturated carbocycles. The Balaban J connectivity index is 1.98. The van der Waals surface area contributed by atoms with E-state index in [1.807, 2.05) is 24.9 Å². The number of nitrogens with one attached hydrogen (secondary N) is 1. The molecule has 1 aliphatic heterocycles. The minimum absolute atomic E-state index is 0.427. The third-order valence-corrected chi connectivity index (χ3v) is 4.50. The van der Waals surface area contributed by atoms with E-state index in [1.54, 1.807) is 17.1 Å². The molecule has 2 aromatic heterocycles. The van der Waals surface area contributed by atoms with E-state index in [9.17, 15) is 0 Å². The Hall–Kier alpha value is -1.83. The topological polar surface area (TPSA) is 71.8 Å². The summed E-state index contributed by atoms with van der Waals surface area (Å²) >= 11 is 1.97. The van der Waals surface area contributed by atoms with E-state index >= 15 is 0 Å². The van der Waals surface area contributed by atoms with Gasteiger partial charge in [-0.05, 0) is 13.8 Å². The van der Waals surface area contributed by atoms with E-state index in [-0.39, 0.29) is 0 Å². The van der Waals surface area contributed by atoms with Crippen LogP contribution in [0.3, 0.4) is 0 Å². The van der Waals surface area contributed by atoms with Gasteiger partial charge in [0.25, 0.3) is 0 Å². The van der Waals surface area contributed by atoms with Crippen LogP contribution < -0.4 is 10.2 Å². The molecule has 21 heavy (non-hydrogen) atoms. The molecule has 1 atom stereocenters. The van der Waals surface area contributed by atoms with E-state index < -0.39 is 0 Å². The summed E-state index contributed by atoms with van der Waals surface area (Å²) in [6.07, 6.45) is 5.26. The molecule has 1 aliphatic rings. The molecule has 0 bridgehead atoms. The zero-order chi connectivity index (χ0) is 14.7. The standard InChI is InChI=1S/C13H19N7S/c1-3-15-11-16-12(19-5-4-14-9-19)18-13(17-11)20-6-7-21-8-10(20)2/h4-5,9-10H,3,6-8H2,1-2H3,(H,15,16,17,18). The van der Waals surface area contributed by atoms with Gasteiger partial charge in [-0.15, -0.1) is 0 Å². The fourth-order valence-electron chi connectivity index (χ4n) is 2.24. The molecular formula is C13H19N7S. The lowest BCUT2D eigenvalue weighted by Gasteiger charge is -2.33. The van der Waals surface area contributed by atoms with Crippen LogP contribution in [0.4, 0.5) is 11.9 Å². The lowest BCUT2D eigenvalue weighted by atomic mass is 10.3. The lowest BCUT2D eigenvalue weighted by molar-refractivity contribution is 0.672. The van der Waals surface area contributed by atoms with Gasteiger partial charge in [0.2, 0.25) is 17.8 Å². The highest BCUT2D eigenvalue weighted by molar-refractivity contribution is 7.99. The SMILES string of the molecule is CCNc1nc(N2CCSCC2C)nc(-n2ccnc2)n1. The summed E-state index contributed by atoms with van der Waals surface area (Å²) in [5, 5.41) is 3.18. The molecule has 3 heterocycles. The monoisotopic (exact) mass is 305 g/mol. The lowest BCUT2D eigenvalue weighted by Crippen LogP contribution is -2.41. The fourth-order valence-corrected chi connectivity index (χ4v) is 3.25. The van der Waals surface area contributed by atoms with E-state index in [0.29, 0.717) is 17.9 Å². The van der Waals surface area contributed by atoms with Gasteiger partial charge in [0.1, 0.15) is 6.33 Å². The van der Waals surface area contributed by atoms with Crippen molar-refractivity contribution in [1.29, 1.82) is 0 Å². The summed E-state index contributed by atoms with van der Waals surface area (Å²) in [5.74, 6) is 4.14. The van der Waals surface area contributed by atoms with E-state index in [2.05, 4.69) is 37.1 Å². The number of thioether (sulfide) groups is 1. The summed E-state index contributed by atoms with van der Waals surface area (Å²) in [6, 6.07) is 0.427. The molecule has 7 nitrogen and oxygen atoms in total. The van der Waals surface area contributed by atoms with Crippen molar-refractivity contribution in [2.24, 2.45) is 0 Å². The summed E-state index contributed by atoms with van der Waals surface area (Å²) in [5.41, 5.74) is 0. The van der Waals surface area contributed by atoms with Crippen LogP contribution in [0, 0.1) is 0 Å². The third-order valence-electron chi connectivity index (χ3n) is 3.31. The molecule has 1 fully saturated rings. The Labute approximate surface area is 128 Å². The first-order chi connectivity index (χ1) is 10.3. The maximum Gasteiger partial charge on any atom is 0.241 e. The molecule has 1 saturated heterocycles. The highest BCUT2D eigenvalue weighted by Crippen LogP contribution is 2.22. The summed E-state index contributed by atoms with van der Waals surface area (Å²) in [7, 11) is 0. The Morgan fingerprint density at radius 2 is 2.19 bits per heavy atom. The maximum atomic E-state index is 4.61. The van der Waals surface area contributed by atoms with Crippen LogP contribution >= 0.6 is 11.8 Å². The maximum absolute atomic E-state index is 4.61. The zero-order valence-corrected chi connectivity index (χ0v) is 13.0. The van der Waals surface area contributed by atoms with Crippen LogP contribution in [0.15, 0.2) is 18.7 Å². The molecule has 0 radical (unpaired) electrons. The highest BCUT2D eigenvalue weighted by Gasteiger charge is 2.22. The molecular weight excluding hydrogens is 286 g/mol. The van der Waals surface area contributed by atoms with Crippen molar-refractivity contribution in [2.45, 2.75) is 19.9 Å². The Bertz CT molecular complexity index is 586. The van der Waals surface area contributed by atoms with Crippen LogP contribution in [-0.2, 0) is 0 Å². The van der Waals surface area contributed by atoms with Gasteiger partial charge in [-0.1, -0.05) is 0 Å². The van der Waals surface area contributed by atoms with E-state index in [1.165, 1.54) is 0 Å². The second-order valence-corrected chi connectivity index (χ2v) is 6.03. The minimum Gasteiger partial charge on any atom is -0.354 e. The molecule has 8 heteroatoms. The number of nitrogens with zero attached hydrogens (tertiary/aromatic N) is 6. The third kappa shape index (κ3) is 3.10. The Morgan fingerprint density at radius 3 is 2.90 bits per heavy atom. The van der Waals surface area contributed by atoms with Crippen molar-refractivity contribution in [3.05, 3.63) is 18.7 Å². The molecule has 3 rings (SSSR count). The van der Waals surface area contributed by atoms with Crippen LogP contribution in [0.1, 0.15) is 13.8 Å². The summed E-state index contributed by atoms with van der Waals surface area (Å²) < 4.78 is 1.80. The molecule has 1 N–H and O–H groups in total. The van der Waals surface area contributed by atoms with Crippen molar-refractivity contribution in [1.82, 2.24) is 24.5 Å². The van der Waals surface area contributed by atoms with Crippen molar-refractivity contribution in [3.63, 3.8) is 0 Å². The molecule has 0 aliphatic carbocycles. The first-order valence-corrected chi connectivity index (χ1v) is 8.26. The van der Waals surface area contributed by atoms with Gasteiger partial charge in [0.15, 0.2) is 0 Å². The molecule has 112 valence electrons. The van der Waals surface area contributed by atoms with Crippen LogP contribution in [0.5, 0.6) is 0 Å². The fraction of sp³-hybridized carbons (Fsp3) is 0.538. The van der Waals surface area contributed by atoms with Gasteiger partial charge in [0, 0.05) is 43.0 Å². The van der Waals surface area contributed by atoms with Gasteiger partial charge in [-0.2, -0.15) is 26.7 Å². The van der Waals surface area contributed by atoms with Gasteiger partial charge >= 0.3 is 0 Å².